The Kier molecular flexibility index (Phi) is 4.78. The van der Waals surface area contributed by atoms with Gasteiger partial charge in [-0.05, 0) is 45.4 Å². The van der Waals surface area contributed by atoms with Crippen LogP contribution < -0.4 is 10.6 Å². The van der Waals surface area contributed by atoms with Gasteiger partial charge in [-0.2, -0.15) is 0 Å². The third kappa shape index (κ3) is 5.18. The number of carbonyl (C=O) groups excluding carboxylic acids is 1. The van der Waals surface area contributed by atoms with Crippen LogP contribution in [-0.4, -0.2) is 27.7 Å². The van der Waals surface area contributed by atoms with Crippen molar-refractivity contribution in [3.63, 3.8) is 0 Å². The van der Waals surface area contributed by atoms with Crippen LogP contribution in [0.25, 0.3) is 0 Å². The van der Waals surface area contributed by atoms with Gasteiger partial charge in [-0.1, -0.05) is 6.07 Å². The number of aromatic hydroxyl groups is 2. The Bertz CT molecular complexity index is 452. The predicted octanol–water partition coefficient (Wildman–Crippen LogP) is 1.49. The summed E-state index contributed by atoms with van der Waals surface area (Å²) in [6.07, 6.45) is 0. The fourth-order valence-corrected chi connectivity index (χ4v) is 1.52. The van der Waals surface area contributed by atoms with Crippen LogP contribution in [0.4, 0.5) is 0 Å². The molecule has 1 aromatic rings. The van der Waals surface area contributed by atoms with Crippen LogP contribution in [0, 0.1) is 0 Å². The van der Waals surface area contributed by atoms with E-state index in [0.29, 0.717) is 6.54 Å². The van der Waals surface area contributed by atoms with Gasteiger partial charge in [0, 0.05) is 12.1 Å². The normalized spacial score (nSPS) is 13.1. The van der Waals surface area contributed by atoms with E-state index in [4.69, 9.17) is 0 Å². The Hall–Kier alpha value is -1.75. The third-order valence-electron chi connectivity index (χ3n) is 2.54. The van der Waals surface area contributed by atoms with Crippen molar-refractivity contribution < 1.29 is 15.0 Å². The second-order valence-corrected chi connectivity index (χ2v) is 5.66. The lowest BCUT2D eigenvalue weighted by atomic mass is 10.1. The van der Waals surface area contributed by atoms with Gasteiger partial charge >= 0.3 is 0 Å². The summed E-state index contributed by atoms with van der Waals surface area (Å²) in [7, 11) is 0. The van der Waals surface area contributed by atoms with Gasteiger partial charge in [0.2, 0.25) is 5.91 Å². The molecule has 1 rings (SSSR count). The van der Waals surface area contributed by atoms with E-state index in [2.05, 4.69) is 10.6 Å². The molecule has 0 saturated carbocycles. The number of hydrogen-bond acceptors (Lipinski definition) is 4. The van der Waals surface area contributed by atoms with Gasteiger partial charge in [-0.3, -0.25) is 4.79 Å². The molecule has 1 unspecified atom stereocenters. The maximum absolute atomic E-state index is 11.8. The van der Waals surface area contributed by atoms with E-state index in [1.165, 1.54) is 12.1 Å². The molecule has 4 N–H and O–H groups in total. The highest BCUT2D eigenvalue weighted by molar-refractivity contribution is 5.81. The van der Waals surface area contributed by atoms with E-state index in [1.807, 2.05) is 20.8 Å². The number of carbonyl (C=O) groups is 1. The van der Waals surface area contributed by atoms with E-state index in [1.54, 1.807) is 13.0 Å². The topological polar surface area (TPSA) is 81.6 Å². The van der Waals surface area contributed by atoms with Gasteiger partial charge in [-0.15, -0.1) is 0 Å². The zero-order valence-corrected chi connectivity index (χ0v) is 11.8. The second kappa shape index (κ2) is 5.93. The average Bonchev–Trinajstić information content (AvgIpc) is 2.28. The summed E-state index contributed by atoms with van der Waals surface area (Å²) in [5.74, 6) is -0.385. The second-order valence-electron chi connectivity index (χ2n) is 5.66. The molecule has 0 aliphatic heterocycles. The van der Waals surface area contributed by atoms with Crippen LogP contribution >= 0.6 is 0 Å². The molecule has 0 heterocycles. The average molecular weight is 266 g/mol. The van der Waals surface area contributed by atoms with Crippen LogP contribution in [0.1, 0.15) is 33.3 Å². The summed E-state index contributed by atoms with van der Waals surface area (Å²) >= 11 is 0. The van der Waals surface area contributed by atoms with Crippen molar-refractivity contribution in [3.05, 3.63) is 23.8 Å². The third-order valence-corrected chi connectivity index (χ3v) is 2.54. The SMILES string of the molecule is CC(NCc1ccc(O)c(O)c1)C(=O)NC(C)(C)C. The van der Waals surface area contributed by atoms with Crippen molar-refractivity contribution in [2.45, 2.75) is 45.8 Å². The highest BCUT2D eigenvalue weighted by Crippen LogP contribution is 2.24. The summed E-state index contributed by atoms with van der Waals surface area (Å²) < 4.78 is 0. The lowest BCUT2D eigenvalue weighted by Crippen LogP contribution is -2.49. The van der Waals surface area contributed by atoms with Crippen molar-refractivity contribution >= 4 is 5.91 Å². The lowest BCUT2D eigenvalue weighted by Gasteiger charge is -2.23. The van der Waals surface area contributed by atoms with Crippen LogP contribution in [-0.2, 0) is 11.3 Å². The fourth-order valence-electron chi connectivity index (χ4n) is 1.52. The largest absolute Gasteiger partial charge is 0.504 e. The molecule has 1 atom stereocenters. The quantitative estimate of drug-likeness (QED) is 0.622. The first kappa shape index (κ1) is 15.3. The first-order chi connectivity index (χ1) is 8.69. The minimum Gasteiger partial charge on any atom is -0.504 e. The summed E-state index contributed by atoms with van der Waals surface area (Å²) in [4.78, 5) is 11.8. The van der Waals surface area contributed by atoms with E-state index < -0.39 is 0 Å². The molecule has 0 spiro atoms. The van der Waals surface area contributed by atoms with Crippen LogP contribution in [0.5, 0.6) is 11.5 Å². The molecule has 106 valence electrons. The molecular formula is C14H22N2O3. The molecule has 19 heavy (non-hydrogen) atoms. The smallest absolute Gasteiger partial charge is 0.237 e. The maximum atomic E-state index is 11.8. The predicted molar refractivity (Wildman–Crippen MR) is 74.0 cm³/mol. The van der Waals surface area contributed by atoms with Crippen molar-refractivity contribution in [1.82, 2.24) is 10.6 Å². The molecule has 0 radical (unpaired) electrons. The van der Waals surface area contributed by atoms with Gasteiger partial charge in [0.25, 0.3) is 0 Å². The zero-order chi connectivity index (χ0) is 14.6. The number of amides is 1. The van der Waals surface area contributed by atoms with E-state index in [9.17, 15) is 15.0 Å². The van der Waals surface area contributed by atoms with Crippen LogP contribution in [0.15, 0.2) is 18.2 Å². The van der Waals surface area contributed by atoms with Gasteiger partial charge in [-0.25, -0.2) is 0 Å². The monoisotopic (exact) mass is 266 g/mol. The standard InChI is InChI=1S/C14H22N2O3/c1-9(13(19)16-14(2,3)4)15-8-10-5-6-11(17)12(18)7-10/h5-7,9,15,17-18H,8H2,1-4H3,(H,16,19). The Morgan fingerprint density at radius 1 is 1.26 bits per heavy atom. The summed E-state index contributed by atoms with van der Waals surface area (Å²) in [6, 6.07) is 4.24. The Morgan fingerprint density at radius 2 is 1.89 bits per heavy atom. The summed E-state index contributed by atoms with van der Waals surface area (Å²) in [5, 5.41) is 24.5. The number of nitrogens with one attached hydrogen (secondary N) is 2. The van der Waals surface area contributed by atoms with Gasteiger partial charge in [0.1, 0.15) is 0 Å². The fraction of sp³-hybridized carbons (Fsp3) is 0.500. The number of rotatable bonds is 4. The van der Waals surface area contributed by atoms with Crippen molar-refractivity contribution in [3.8, 4) is 11.5 Å². The van der Waals surface area contributed by atoms with Gasteiger partial charge in [0.05, 0.1) is 6.04 Å². The summed E-state index contributed by atoms with van der Waals surface area (Å²) in [5.41, 5.74) is 0.537. The van der Waals surface area contributed by atoms with E-state index >= 15 is 0 Å². The van der Waals surface area contributed by atoms with Crippen molar-refractivity contribution in [1.29, 1.82) is 0 Å². The first-order valence-corrected chi connectivity index (χ1v) is 6.25. The maximum Gasteiger partial charge on any atom is 0.237 e. The lowest BCUT2D eigenvalue weighted by molar-refractivity contribution is -0.124. The van der Waals surface area contributed by atoms with Crippen LogP contribution in [0.3, 0.4) is 0 Å². The minimum absolute atomic E-state index is 0.0736. The molecule has 1 aromatic carbocycles. The zero-order valence-electron chi connectivity index (χ0n) is 11.8. The molecule has 0 fully saturated rings. The molecule has 5 nitrogen and oxygen atoms in total. The number of phenols is 2. The number of hydrogen-bond donors (Lipinski definition) is 4. The molecule has 0 aliphatic carbocycles. The van der Waals surface area contributed by atoms with Gasteiger partial charge < -0.3 is 20.8 Å². The molecule has 0 saturated heterocycles. The first-order valence-electron chi connectivity index (χ1n) is 6.25. The highest BCUT2D eigenvalue weighted by atomic mass is 16.3. The van der Waals surface area contributed by atoms with E-state index in [-0.39, 0.29) is 29.0 Å². The molecule has 0 bridgehead atoms. The van der Waals surface area contributed by atoms with Crippen molar-refractivity contribution in [2.24, 2.45) is 0 Å². The molecule has 5 heteroatoms. The minimum atomic E-state index is -0.338. The molecule has 1 amide bonds. The highest BCUT2D eigenvalue weighted by Gasteiger charge is 2.18. The Morgan fingerprint density at radius 3 is 2.42 bits per heavy atom. The molecular weight excluding hydrogens is 244 g/mol. The van der Waals surface area contributed by atoms with Gasteiger partial charge in [0.15, 0.2) is 11.5 Å². The molecule has 0 aliphatic rings. The number of benzene rings is 1. The van der Waals surface area contributed by atoms with E-state index in [0.717, 1.165) is 5.56 Å². The Labute approximate surface area is 113 Å². The Balaban J connectivity index is 2.52. The number of phenolic OH excluding ortho intramolecular Hbond substituents is 2. The van der Waals surface area contributed by atoms with Crippen molar-refractivity contribution in [2.75, 3.05) is 0 Å². The summed E-state index contributed by atoms with van der Waals surface area (Å²) in [6.45, 7) is 7.99. The molecule has 0 aromatic heterocycles. The van der Waals surface area contributed by atoms with Crippen LogP contribution in [0.2, 0.25) is 0 Å².